The fourth-order valence-corrected chi connectivity index (χ4v) is 3.30. The van der Waals surface area contributed by atoms with Crippen molar-refractivity contribution < 1.29 is 14.9 Å². The Labute approximate surface area is 112 Å². The first-order valence-electron chi connectivity index (χ1n) is 5.45. The summed E-state index contributed by atoms with van der Waals surface area (Å²) in [6, 6.07) is 1.17. The van der Waals surface area contributed by atoms with E-state index < -0.39 is 34.1 Å². The number of nitrogens with zero attached hydrogens (tertiary/aromatic N) is 1. The Morgan fingerprint density at radius 1 is 1.47 bits per heavy atom. The standard InChI is InChI=1S/C11H12N2O5S/c1-2-18-5-6-8(15)9(16)10(19-6)13-4-3-7(14)12-11(13)17/h1,3-4,6,8-10,15-16H,5H2,(H,12,14,17)/t6-,8-,9-,10-/m1/s1. The van der Waals surface area contributed by atoms with Crippen molar-refractivity contribution in [3.63, 3.8) is 0 Å². The highest BCUT2D eigenvalue weighted by Crippen LogP contribution is 2.41. The maximum absolute atomic E-state index is 11.6. The number of aromatic nitrogens is 2. The van der Waals surface area contributed by atoms with Crippen LogP contribution in [0.5, 0.6) is 0 Å². The SMILES string of the molecule is C#COC[C@H]1S[C@@H](n2ccc(=O)[nH]c2=O)[C@H](O)[C@@H]1O. The van der Waals surface area contributed by atoms with Gasteiger partial charge < -0.3 is 14.9 Å². The first-order chi connectivity index (χ1) is 9.04. The van der Waals surface area contributed by atoms with Crippen molar-refractivity contribution in [2.75, 3.05) is 6.61 Å². The van der Waals surface area contributed by atoms with E-state index >= 15 is 0 Å². The van der Waals surface area contributed by atoms with Gasteiger partial charge in [0.05, 0.1) is 11.4 Å². The van der Waals surface area contributed by atoms with Crippen molar-refractivity contribution in [1.29, 1.82) is 0 Å². The van der Waals surface area contributed by atoms with Crippen LogP contribution in [0.15, 0.2) is 21.9 Å². The highest BCUT2D eigenvalue weighted by Gasteiger charge is 2.43. The number of hydrogen-bond acceptors (Lipinski definition) is 6. The first kappa shape index (κ1) is 13.7. The number of hydrogen-bond donors (Lipinski definition) is 3. The van der Waals surface area contributed by atoms with Crippen LogP contribution in [0.4, 0.5) is 0 Å². The number of H-pyrrole nitrogens is 1. The van der Waals surface area contributed by atoms with Gasteiger partial charge in [0, 0.05) is 12.3 Å². The summed E-state index contributed by atoms with van der Waals surface area (Å²) in [5.74, 6) is 0. The molecule has 1 saturated heterocycles. The highest BCUT2D eigenvalue weighted by atomic mass is 32.2. The Morgan fingerprint density at radius 3 is 2.84 bits per heavy atom. The number of nitrogens with one attached hydrogen (secondary N) is 1. The fraction of sp³-hybridized carbons (Fsp3) is 0.455. The Hall–Kier alpha value is -1.69. The van der Waals surface area contributed by atoms with E-state index in [-0.39, 0.29) is 6.61 Å². The summed E-state index contributed by atoms with van der Waals surface area (Å²) in [6.45, 7) is 0.0635. The van der Waals surface area contributed by atoms with E-state index in [2.05, 4.69) is 4.98 Å². The van der Waals surface area contributed by atoms with Crippen molar-refractivity contribution in [1.82, 2.24) is 9.55 Å². The van der Waals surface area contributed by atoms with Crippen molar-refractivity contribution in [3.8, 4) is 12.5 Å². The molecule has 0 unspecified atom stereocenters. The Bertz CT molecular complexity index is 604. The molecule has 102 valence electrons. The van der Waals surface area contributed by atoms with E-state index in [1.807, 2.05) is 6.11 Å². The molecule has 0 amide bonds. The van der Waals surface area contributed by atoms with Gasteiger partial charge >= 0.3 is 5.69 Å². The number of aliphatic hydroxyl groups is 2. The summed E-state index contributed by atoms with van der Waals surface area (Å²) in [6.07, 6.45) is 5.99. The number of rotatable bonds is 3. The number of terminal acetylenes is 1. The lowest BCUT2D eigenvalue weighted by molar-refractivity contribution is 0.0101. The lowest BCUT2D eigenvalue weighted by Gasteiger charge is -2.17. The van der Waals surface area contributed by atoms with Gasteiger partial charge in [-0.2, -0.15) is 0 Å². The molecule has 7 nitrogen and oxygen atoms in total. The molecular weight excluding hydrogens is 272 g/mol. The molecule has 8 heteroatoms. The van der Waals surface area contributed by atoms with Gasteiger partial charge in [-0.3, -0.25) is 14.3 Å². The molecule has 3 N–H and O–H groups in total. The normalized spacial score (nSPS) is 29.9. The molecule has 2 rings (SSSR count). The van der Waals surface area contributed by atoms with Crippen LogP contribution in [0.25, 0.3) is 0 Å². The van der Waals surface area contributed by atoms with Gasteiger partial charge in [-0.15, -0.1) is 11.8 Å². The maximum atomic E-state index is 11.6. The van der Waals surface area contributed by atoms with Crippen LogP contribution in [-0.4, -0.2) is 43.8 Å². The van der Waals surface area contributed by atoms with Crippen LogP contribution in [0.1, 0.15) is 5.37 Å². The van der Waals surface area contributed by atoms with E-state index in [0.29, 0.717) is 0 Å². The molecule has 1 aliphatic heterocycles. The largest absolute Gasteiger partial charge is 0.446 e. The lowest BCUT2D eigenvalue weighted by atomic mass is 10.1. The number of aromatic amines is 1. The monoisotopic (exact) mass is 284 g/mol. The van der Waals surface area contributed by atoms with E-state index in [4.69, 9.17) is 11.2 Å². The average Bonchev–Trinajstić information content (AvgIpc) is 2.64. The molecule has 0 spiro atoms. The summed E-state index contributed by atoms with van der Waals surface area (Å²) < 4.78 is 5.92. The molecule has 0 bridgehead atoms. The molecule has 0 saturated carbocycles. The summed E-state index contributed by atoms with van der Waals surface area (Å²) in [5, 5.41) is 18.6. The Morgan fingerprint density at radius 2 is 2.21 bits per heavy atom. The third kappa shape index (κ3) is 2.68. The molecule has 1 fully saturated rings. The summed E-state index contributed by atoms with van der Waals surface area (Å²) in [5.41, 5.74) is -1.17. The minimum atomic E-state index is -1.15. The third-order valence-corrected chi connectivity index (χ3v) is 4.34. The van der Waals surface area contributed by atoms with Crippen LogP contribution in [-0.2, 0) is 4.74 Å². The quantitative estimate of drug-likeness (QED) is 0.582. The second kappa shape index (κ2) is 5.52. The van der Waals surface area contributed by atoms with Gasteiger partial charge in [0.25, 0.3) is 5.56 Å². The number of aliphatic hydroxyl groups excluding tert-OH is 2. The Balaban J connectivity index is 2.24. The average molecular weight is 284 g/mol. The van der Waals surface area contributed by atoms with Crippen molar-refractivity contribution in [2.24, 2.45) is 0 Å². The van der Waals surface area contributed by atoms with E-state index in [1.54, 1.807) is 0 Å². The molecular formula is C11H12N2O5S. The molecule has 1 aromatic heterocycles. The second-order valence-electron chi connectivity index (χ2n) is 3.99. The second-order valence-corrected chi connectivity index (χ2v) is 5.35. The summed E-state index contributed by atoms with van der Waals surface area (Å²) in [7, 11) is 0. The van der Waals surface area contributed by atoms with Gasteiger partial charge in [0.1, 0.15) is 24.2 Å². The highest BCUT2D eigenvalue weighted by molar-refractivity contribution is 8.00. The van der Waals surface area contributed by atoms with Gasteiger partial charge in [-0.25, -0.2) is 4.79 Å². The third-order valence-electron chi connectivity index (χ3n) is 2.79. The van der Waals surface area contributed by atoms with Crippen molar-refractivity contribution in [3.05, 3.63) is 33.1 Å². The van der Waals surface area contributed by atoms with Crippen molar-refractivity contribution >= 4 is 11.8 Å². The molecule has 0 aromatic carbocycles. The van der Waals surface area contributed by atoms with E-state index in [9.17, 15) is 19.8 Å². The van der Waals surface area contributed by atoms with Crippen LogP contribution >= 0.6 is 11.8 Å². The zero-order valence-electron chi connectivity index (χ0n) is 9.72. The van der Waals surface area contributed by atoms with E-state index in [0.717, 1.165) is 16.3 Å². The predicted molar refractivity (Wildman–Crippen MR) is 68.5 cm³/mol. The summed E-state index contributed by atoms with van der Waals surface area (Å²) >= 11 is 1.16. The van der Waals surface area contributed by atoms with Gasteiger partial charge in [0.15, 0.2) is 0 Å². The van der Waals surface area contributed by atoms with E-state index in [1.165, 1.54) is 12.3 Å². The zero-order chi connectivity index (χ0) is 14.0. The number of thioether (sulfide) groups is 1. The summed E-state index contributed by atoms with van der Waals surface area (Å²) in [4.78, 5) is 24.7. The van der Waals surface area contributed by atoms with Gasteiger partial charge in [-0.1, -0.05) is 6.42 Å². The zero-order valence-corrected chi connectivity index (χ0v) is 10.5. The molecule has 1 aliphatic rings. The molecule has 19 heavy (non-hydrogen) atoms. The maximum Gasteiger partial charge on any atom is 0.329 e. The Kier molecular flexibility index (Phi) is 3.99. The molecule has 1 aromatic rings. The minimum absolute atomic E-state index is 0.0635. The molecule has 0 radical (unpaired) electrons. The van der Waals surface area contributed by atoms with Crippen LogP contribution in [0, 0.1) is 12.5 Å². The minimum Gasteiger partial charge on any atom is -0.446 e. The topological polar surface area (TPSA) is 105 Å². The smallest absolute Gasteiger partial charge is 0.329 e. The number of ether oxygens (including phenoxy) is 1. The fourth-order valence-electron chi connectivity index (χ4n) is 1.85. The van der Waals surface area contributed by atoms with Crippen LogP contribution in [0.3, 0.4) is 0 Å². The van der Waals surface area contributed by atoms with Gasteiger partial charge in [0.2, 0.25) is 0 Å². The predicted octanol–water partition coefficient (Wildman–Crippen LogP) is -1.52. The first-order valence-corrected chi connectivity index (χ1v) is 6.39. The van der Waals surface area contributed by atoms with Crippen LogP contribution in [0.2, 0.25) is 0 Å². The van der Waals surface area contributed by atoms with Crippen molar-refractivity contribution in [2.45, 2.75) is 22.8 Å². The van der Waals surface area contributed by atoms with Gasteiger partial charge in [-0.05, 0) is 0 Å². The molecule has 0 aliphatic carbocycles. The van der Waals surface area contributed by atoms with Crippen LogP contribution < -0.4 is 11.2 Å². The molecule has 2 heterocycles. The molecule has 4 atom stereocenters. The lowest BCUT2D eigenvalue weighted by Crippen LogP contribution is -2.37.